The first-order valence-electron chi connectivity index (χ1n) is 10.6. The molecule has 1 aliphatic heterocycles. The molecule has 2 aromatic carbocycles. The van der Waals surface area contributed by atoms with Gasteiger partial charge in [0.1, 0.15) is 19.3 Å². The lowest BCUT2D eigenvalue weighted by molar-refractivity contribution is -0.118. The van der Waals surface area contributed by atoms with E-state index >= 15 is 0 Å². The molecule has 0 radical (unpaired) electrons. The monoisotopic (exact) mass is 554 g/mol. The molecule has 186 valence electrons. The van der Waals surface area contributed by atoms with Gasteiger partial charge >= 0.3 is 0 Å². The molecule has 9 nitrogen and oxygen atoms in total. The molecular formula is C22H23ClN4O5S3. The number of anilines is 1. The second kappa shape index (κ2) is 11.1. The second-order valence-electron chi connectivity index (χ2n) is 7.93. The van der Waals surface area contributed by atoms with E-state index in [1.54, 1.807) is 13.8 Å². The van der Waals surface area contributed by atoms with Crippen LogP contribution in [0, 0.1) is 5.92 Å². The average molecular weight is 555 g/mol. The minimum Gasteiger partial charge on any atom is -0.486 e. The van der Waals surface area contributed by atoms with Crippen molar-refractivity contribution in [1.82, 2.24) is 14.9 Å². The third-order valence-corrected chi connectivity index (χ3v) is 8.70. The number of fused-ring (bicyclic) bond motifs is 1. The summed E-state index contributed by atoms with van der Waals surface area (Å²) in [5.74, 6) is 0.653. The number of carbonyl (C=O) groups excluding carboxylic acids is 1. The van der Waals surface area contributed by atoms with Crippen molar-refractivity contribution in [3.05, 3.63) is 53.1 Å². The summed E-state index contributed by atoms with van der Waals surface area (Å²) in [5, 5.41) is 11.7. The lowest BCUT2D eigenvalue weighted by Gasteiger charge is -2.22. The highest BCUT2D eigenvalue weighted by molar-refractivity contribution is 8.00. The summed E-state index contributed by atoms with van der Waals surface area (Å²) in [5.41, 5.74) is 1.08. The zero-order valence-electron chi connectivity index (χ0n) is 18.9. The van der Waals surface area contributed by atoms with E-state index in [9.17, 15) is 13.2 Å². The number of amides is 1. The number of sulfonamides is 1. The molecule has 4 rings (SSSR count). The Kier molecular flexibility index (Phi) is 8.17. The number of nitrogens with one attached hydrogen (secondary N) is 2. The van der Waals surface area contributed by atoms with Gasteiger partial charge < -0.3 is 9.47 Å². The Morgan fingerprint density at radius 3 is 2.54 bits per heavy atom. The van der Waals surface area contributed by atoms with Crippen LogP contribution in [0.2, 0.25) is 5.02 Å². The quantitative estimate of drug-likeness (QED) is 0.298. The maximum atomic E-state index is 13.0. The molecular weight excluding hydrogens is 532 g/mol. The van der Waals surface area contributed by atoms with Crippen LogP contribution >= 0.6 is 34.7 Å². The first-order valence-corrected chi connectivity index (χ1v) is 14.3. The maximum Gasteiger partial charge on any atom is 0.244 e. The zero-order valence-corrected chi connectivity index (χ0v) is 22.1. The van der Waals surface area contributed by atoms with Gasteiger partial charge in [0.15, 0.2) is 15.8 Å². The molecule has 1 aromatic heterocycles. The summed E-state index contributed by atoms with van der Waals surface area (Å²) in [4.78, 5) is 12.9. The highest BCUT2D eigenvalue weighted by Gasteiger charge is 2.30. The fraction of sp³-hybridized carbons (Fsp3) is 0.318. The van der Waals surface area contributed by atoms with E-state index in [4.69, 9.17) is 21.1 Å². The van der Waals surface area contributed by atoms with Gasteiger partial charge in [-0.3, -0.25) is 10.1 Å². The van der Waals surface area contributed by atoms with Crippen LogP contribution < -0.4 is 19.5 Å². The molecule has 0 unspecified atom stereocenters. The Balaban J connectivity index is 1.40. The Hall–Kier alpha value is -2.38. The number of aromatic nitrogens is 2. The second-order valence-corrected chi connectivity index (χ2v) is 12.3. The lowest BCUT2D eigenvalue weighted by Crippen LogP contribution is -2.47. The van der Waals surface area contributed by atoms with Crippen molar-refractivity contribution in [2.45, 2.75) is 34.9 Å². The number of rotatable bonds is 9. The topological polar surface area (TPSA) is 120 Å². The van der Waals surface area contributed by atoms with E-state index in [1.807, 2.05) is 24.3 Å². The lowest BCUT2D eigenvalue weighted by atomic mass is 10.1. The SMILES string of the molecule is CC(C)[C@@H](NS(=O)(=O)c1ccc2c(c1)OCCO2)C(=O)Nc1nnc(SCc2ccc(Cl)cc2)s1. The van der Waals surface area contributed by atoms with Crippen molar-refractivity contribution in [2.75, 3.05) is 18.5 Å². The van der Waals surface area contributed by atoms with Crippen LogP contribution in [0.4, 0.5) is 5.13 Å². The molecule has 0 saturated carbocycles. The van der Waals surface area contributed by atoms with Crippen LogP contribution in [0.25, 0.3) is 0 Å². The smallest absolute Gasteiger partial charge is 0.244 e. The number of hydrogen-bond acceptors (Lipinski definition) is 9. The highest BCUT2D eigenvalue weighted by atomic mass is 35.5. The Morgan fingerprint density at radius 1 is 1.11 bits per heavy atom. The molecule has 2 heterocycles. The molecule has 0 spiro atoms. The molecule has 0 bridgehead atoms. The van der Waals surface area contributed by atoms with Crippen molar-refractivity contribution in [1.29, 1.82) is 0 Å². The summed E-state index contributed by atoms with van der Waals surface area (Å²) in [6.45, 7) is 4.25. The van der Waals surface area contributed by atoms with Gasteiger partial charge in [0.05, 0.1) is 4.90 Å². The van der Waals surface area contributed by atoms with Gasteiger partial charge in [-0.2, -0.15) is 4.72 Å². The number of thioether (sulfide) groups is 1. The van der Waals surface area contributed by atoms with Crippen LogP contribution in [0.5, 0.6) is 11.5 Å². The van der Waals surface area contributed by atoms with Crippen LogP contribution in [-0.2, 0) is 20.6 Å². The Morgan fingerprint density at radius 2 is 1.83 bits per heavy atom. The largest absolute Gasteiger partial charge is 0.486 e. The van der Waals surface area contributed by atoms with Gasteiger partial charge in [0.25, 0.3) is 0 Å². The van der Waals surface area contributed by atoms with E-state index in [1.165, 1.54) is 41.3 Å². The molecule has 1 amide bonds. The van der Waals surface area contributed by atoms with Gasteiger partial charge in [-0.05, 0) is 35.7 Å². The number of halogens is 1. The molecule has 2 N–H and O–H groups in total. The van der Waals surface area contributed by atoms with Crippen LogP contribution in [0.3, 0.4) is 0 Å². The Labute approximate surface area is 216 Å². The fourth-order valence-corrected chi connectivity index (χ4v) is 6.34. The first kappa shape index (κ1) is 25.7. The summed E-state index contributed by atoms with van der Waals surface area (Å²) in [6, 6.07) is 10.8. The number of hydrogen-bond donors (Lipinski definition) is 2. The number of benzene rings is 2. The molecule has 3 aromatic rings. The zero-order chi connectivity index (χ0) is 25.0. The number of ether oxygens (including phenoxy) is 2. The summed E-state index contributed by atoms with van der Waals surface area (Å²) in [7, 11) is -4.00. The van der Waals surface area contributed by atoms with Gasteiger partial charge in [-0.25, -0.2) is 8.42 Å². The van der Waals surface area contributed by atoms with Crippen molar-refractivity contribution in [3.63, 3.8) is 0 Å². The molecule has 1 aliphatic rings. The van der Waals surface area contributed by atoms with Gasteiger partial charge in [0.2, 0.25) is 21.1 Å². The van der Waals surface area contributed by atoms with Crippen molar-refractivity contribution in [3.8, 4) is 11.5 Å². The predicted molar refractivity (Wildman–Crippen MR) is 136 cm³/mol. The molecule has 35 heavy (non-hydrogen) atoms. The third-order valence-electron chi connectivity index (χ3n) is 4.97. The average Bonchev–Trinajstić information content (AvgIpc) is 3.28. The summed E-state index contributed by atoms with van der Waals surface area (Å²) >= 11 is 8.61. The Bertz CT molecular complexity index is 1300. The molecule has 13 heteroatoms. The van der Waals surface area contributed by atoms with Gasteiger partial charge in [0, 0.05) is 16.8 Å². The molecule has 0 aliphatic carbocycles. The van der Waals surface area contributed by atoms with Crippen LogP contribution in [0.1, 0.15) is 19.4 Å². The summed E-state index contributed by atoms with van der Waals surface area (Å²) < 4.78 is 40.1. The minimum atomic E-state index is -4.00. The molecule has 0 saturated heterocycles. The number of nitrogens with zero attached hydrogens (tertiary/aromatic N) is 2. The van der Waals surface area contributed by atoms with Gasteiger partial charge in [-0.1, -0.05) is 60.7 Å². The van der Waals surface area contributed by atoms with Crippen LogP contribution in [-0.4, -0.2) is 43.8 Å². The van der Waals surface area contributed by atoms with Gasteiger partial charge in [-0.15, -0.1) is 10.2 Å². The van der Waals surface area contributed by atoms with Crippen molar-refractivity contribution >= 4 is 55.8 Å². The molecule has 0 fully saturated rings. The van der Waals surface area contributed by atoms with E-state index < -0.39 is 22.0 Å². The number of carbonyl (C=O) groups is 1. The predicted octanol–water partition coefficient (Wildman–Crippen LogP) is 4.20. The summed E-state index contributed by atoms with van der Waals surface area (Å²) in [6.07, 6.45) is 0. The third kappa shape index (κ3) is 6.64. The van der Waals surface area contributed by atoms with E-state index in [0.29, 0.717) is 39.8 Å². The normalized spacial score (nSPS) is 14.1. The van der Waals surface area contributed by atoms with E-state index in [-0.39, 0.29) is 15.9 Å². The van der Waals surface area contributed by atoms with Crippen LogP contribution in [0.15, 0.2) is 51.7 Å². The first-order chi connectivity index (χ1) is 16.7. The minimum absolute atomic E-state index is 0.0167. The standard InChI is InChI=1S/C22H23ClN4O5S3/c1-13(2)19(27-35(29,30)16-7-8-17-18(11-16)32-10-9-31-17)20(28)24-21-25-26-22(34-21)33-12-14-3-5-15(23)6-4-14/h3-8,11,13,19,27H,9-10,12H2,1-2H3,(H,24,25,28)/t19-/m1/s1. The maximum absolute atomic E-state index is 13.0. The fourth-order valence-electron chi connectivity index (χ4n) is 3.15. The molecule has 1 atom stereocenters. The van der Waals surface area contributed by atoms with E-state index in [2.05, 4.69) is 20.2 Å². The highest BCUT2D eigenvalue weighted by Crippen LogP contribution is 2.32. The van der Waals surface area contributed by atoms with Crippen molar-refractivity contribution in [2.24, 2.45) is 5.92 Å². The van der Waals surface area contributed by atoms with Crippen molar-refractivity contribution < 1.29 is 22.7 Å². The van der Waals surface area contributed by atoms with E-state index in [0.717, 1.165) is 5.56 Å².